The van der Waals surface area contributed by atoms with E-state index < -0.39 is 5.97 Å². The first-order valence-electron chi connectivity index (χ1n) is 7.11. The van der Waals surface area contributed by atoms with Crippen LogP contribution in [0, 0.1) is 0 Å². The van der Waals surface area contributed by atoms with Gasteiger partial charge in [0, 0.05) is 23.1 Å². The van der Waals surface area contributed by atoms with Crippen molar-refractivity contribution in [3.8, 4) is 5.75 Å². The Labute approximate surface area is 123 Å². The molecule has 2 heterocycles. The molecule has 1 aromatic carbocycles. The SMILES string of the molecule is COc1ccc2c(C(=O)O)cc(C3CCNCC3)nc2c1. The standard InChI is InChI=1S/C16H18N2O3/c1-21-11-2-3-12-13(16(19)20)9-14(18-15(12)8-11)10-4-6-17-7-5-10/h2-3,8-10,17H,4-7H2,1H3,(H,19,20). The molecule has 5 heteroatoms. The van der Waals surface area contributed by atoms with Crippen LogP contribution in [0.1, 0.15) is 34.8 Å². The van der Waals surface area contributed by atoms with Crippen molar-refractivity contribution >= 4 is 16.9 Å². The number of nitrogens with zero attached hydrogens (tertiary/aromatic N) is 1. The van der Waals surface area contributed by atoms with Crippen LogP contribution in [0.5, 0.6) is 5.75 Å². The maximum Gasteiger partial charge on any atom is 0.336 e. The summed E-state index contributed by atoms with van der Waals surface area (Å²) in [5, 5.41) is 13.4. The number of piperidine rings is 1. The first kappa shape index (κ1) is 13.8. The Bertz CT molecular complexity index is 679. The van der Waals surface area contributed by atoms with Gasteiger partial charge in [-0.05, 0) is 44.1 Å². The van der Waals surface area contributed by atoms with E-state index in [1.165, 1.54) is 0 Å². The van der Waals surface area contributed by atoms with Crippen LogP contribution in [0.3, 0.4) is 0 Å². The molecule has 0 saturated carbocycles. The van der Waals surface area contributed by atoms with Crippen molar-refractivity contribution in [2.45, 2.75) is 18.8 Å². The van der Waals surface area contributed by atoms with Gasteiger partial charge in [-0.3, -0.25) is 4.98 Å². The summed E-state index contributed by atoms with van der Waals surface area (Å²) in [4.78, 5) is 16.2. The van der Waals surface area contributed by atoms with Gasteiger partial charge in [0.2, 0.25) is 0 Å². The maximum atomic E-state index is 11.5. The van der Waals surface area contributed by atoms with Crippen molar-refractivity contribution in [1.82, 2.24) is 10.3 Å². The number of hydrogen-bond donors (Lipinski definition) is 2. The summed E-state index contributed by atoms with van der Waals surface area (Å²) in [6.45, 7) is 1.90. The molecular weight excluding hydrogens is 268 g/mol. The summed E-state index contributed by atoms with van der Waals surface area (Å²) >= 11 is 0. The number of pyridine rings is 1. The fourth-order valence-corrected chi connectivity index (χ4v) is 2.86. The number of rotatable bonds is 3. The van der Waals surface area contributed by atoms with Crippen LogP contribution < -0.4 is 10.1 Å². The van der Waals surface area contributed by atoms with E-state index in [-0.39, 0.29) is 0 Å². The Balaban J connectivity index is 2.14. The van der Waals surface area contributed by atoms with Crippen molar-refractivity contribution in [3.05, 3.63) is 35.5 Å². The average molecular weight is 286 g/mol. The van der Waals surface area contributed by atoms with Crippen molar-refractivity contribution in [2.24, 2.45) is 0 Å². The van der Waals surface area contributed by atoms with Gasteiger partial charge in [0.15, 0.2) is 0 Å². The zero-order valence-corrected chi connectivity index (χ0v) is 11.9. The highest BCUT2D eigenvalue weighted by Crippen LogP contribution is 2.29. The smallest absolute Gasteiger partial charge is 0.336 e. The zero-order valence-electron chi connectivity index (χ0n) is 11.9. The van der Waals surface area contributed by atoms with Crippen LogP contribution in [0.2, 0.25) is 0 Å². The van der Waals surface area contributed by atoms with Gasteiger partial charge in [-0.2, -0.15) is 0 Å². The predicted molar refractivity (Wildman–Crippen MR) is 80.1 cm³/mol. The van der Waals surface area contributed by atoms with Gasteiger partial charge in [-0.1, -0.05) is 0 Å². The van der Waals surface area contributed by atoms with Crippen LogP contribution in [-0.2, 0) is 0 Å². The van der Waals surface area contributed by atoms with Gasteiger partial charge in [-0.15, -0.1) is 0 Å². The summed E-state index contributed by atoms with van der Waals surface area (Å²) in [7, 11) is 1.59. The van der Waals surface area contributed by atoms with E-state index in [0.29, 0.717) is 28.1 Å². The lowest BCUT2D eigenvalue weighted by Gasteiger charge is -2.22. The van der Waals surface area contributed by atoms with E-state index in [9.17, 15) is 9.90 Å². The molecule has 1 saturated heterocycles. The lowest BCUT2D eigenvalue weighted by atomic mass is 9.92. The lowest BCUT2D eigenvalue weighted by molar-refractivity contribution is 0.0698. The molecule has 2 N–H and O–H groups in total. The Hall–Kier alpha value is -2.14. The molecule has 110 valence electrons. The number of fused-ring (bicyclic) bond motifs is 1. The molecule has 0 aliphatic carbocycles. The van der Waals surface area contributed by atoms with Crippen LogP contribution in [0.4, 0.5) is 0 Å². The second kappa shape index (κ2) is 5.69. The number of carboxylic acid groups (broad SMARTS) is 1. The molecule has 0 radical (unpaired) electrons. The number of nitrogens with one attached hydrogen (secondary N) is 1. The van der Waals surface area contributed by atoms with Crippen molar-refractivity contribution in [2.75, 3.05) is 20.2 Å². The summed E-state index contributed by atoms with van der Waals surface area (Å²) in [5.41, 5.74) is 1.87. The maximum absolute atomic E-state index is 11.5. The van der Waals surface area contributed by atoms with Crippen molar-refractivity contribution in [1.29, 1.82) is 0 Å². The van der Waals surface area contributed by atoms with E-state index in [1.807, 2.05) is 0 Å². The van der Waals surface area contributed by atoms with Crippen LogP contribution >= 0.6 is 0 Å². The van der Waals surface area contributed by atoms with E-state index >= 15 is 0 Å². The molecule has 2 aromatic rings. The topological polar surface area (TPSA) is 71.5 Å². The fourth-order valence-electron chi connectivity index (χ4n) is 2.86. The molecule has 0 bridgehead atoms. The van der Waals surface area contributed by atoms with Crippen LogP contribution in [-0.4, -0.2) is 36.3 Å². The third-order valence-electron chi connectivity index (χ3n) is 4.02. The number of ether oxygens (including phenoxy) is 1. The Morgan fingerprint density at radius 2 is 2.10 bits per heavy atom. The van der Waals surface area contributed by atoms with Crippen LogP contribution in [0.15, 0.2) is 24.3 Å². The van der Waals surface area contributed by atoms with Gasteiger partial charge in [0.25, 0.3) is 0 Å². The molecule has 1 aromatic heterocycles. The fraction of sp³-hybridized carbons (Fsp3) is 0.375. The summed E-state index contributed by atoms with van der Waals surface area (Å²) < 4.78 is 5.21. The highest BCUT2D eigenvalue weighted by atomic mass is 16.5. The molecule has 0 unspecified atom stereocenters. The summed E-state index contributed by atoms with van der Waals surface area (Å²) in [6, 6.07) is 7.05. The Morgan fingerprint density at radius 1 is 1.33 bits per heavy atom. The minimum Gasteiger partial charge on any atom is -0.497 e. The normalized spacial score (nSPS) is 16.0. The molecule has 21 heavy (non-hydrogen) atoms. The van der Waals surface area contributed by atoms with Gasteiger partial charge in [0.1, 0.15) is 5.75 Å². The second-order valence-corrected chi connectivity index (χ2v) is 5.31. The van der Waals surface area contributed by atoms with E-state index in [2.05, 4.69) is 10.3 Å². The quantitative estimate of drug-likeness (QED) is 0.906. The van der Waals surface area contributed by atoms with E-state index in [0.717, 1.165) is 31.6 Å². The molecular formula is C16H18N2O3. The van der Waals surface area contributed by atoms with Crippen molar-refractivity contribution in [3.63, 3.8) is 0 Å². The number of benzene rings is 1. The predicted octanol–water partition coefficient (Wildman–Crippen LogP) is 2.41. The molecule has 1 aliphatic rings. The minimum absolute atomic E-state index is 0.316. The average Bonchev–Trinajstić information content (AvgIpc) is 2.53. The van der Waals surface area contributed by atoms with E-state index in [4.69, 9.17) is 4.74 Å². The van der Waals surface area contributed by atoms with Gasteiger partial charge >= 0.3 is 5.97 Å². The molecule has 1 fully saturated rings. The molecule has 0 atom stereocenters. The Kier molecular flexibility index (Phi) is 3.75. The highest BCUT2D eigenvalue weighted by molar-refractivity contribution is 6.02. The number of methoxy groups -OCH3 is 1. The third kappa shape index (κ3) is 2.69. The molecule has 0 amide bonds. The largest absolute Gasteiger partial charge is 0.497 e. The Morgan fingerprint density at radius 3 is 2.76 bits per heavy atom. The zero-order chi connectivity index (χ0) is 14.8. The monoisotopic (exact) mass is 286 g/mol. The number of carboxylic acids is 1. The van der Waals surface area contributed by atoms with Gasteiger partial charge in [0.05, 0.1) is 18.2 Å². The van der Waals surface area contributed by atoms with Crippen LogP contribution in [0.25, 0.3) is 10.9 Å². The lowest BCUT2D eigenvalue weighted by Crippen LogP contribution is -2.27. The minimum atomic E-state index is -0.914. The number of aromatic nitrogens is 1. The second-order valence-electron chi connectivity index (χ2n) is 5.31. The third-order valence-corrected chi connectivity index (χ3v) is 4.02. The number of aromatic carboxylic acids is 1. The van der Waals surface area contributed by atoms with Gasteiger partial charge < -0.3 is 15.2 Å². The number of carbonyl (C=O) groups is 1. The van der Waals surface area contributed by atoms with Crippen molar-refractivity contribution < 1.29 is 14.6 Å². The highest BCUT2D eigenvalue weighted by Gasteiger charge is 2.20. The van der Waals surface area contributed by atoms with E-state index in [1.54, 1.807) is 31.4 Å². The number of hydrogen-bond acceptors (Lipinski definition) is 4. The molecule has 3 rings (SSSR count). The molecule has 0 spiro atoms. The summed E-state index contributed by atoms with van der Waals surface area (Å²) in [6.07, 6.45) is 1.98. The van der Waals surface area contributed by atoms with Gasteiger partial charge in [-0.25, -0.2) is 4.79 Å². The first-order chi connectivity index (χ1) is 10.2. The molecule has 5 nitrogen and oxygen atoms in total. The summed E-state index contributed by atoms with van der Waals surface area (Å²) in [5.74, 6) is 0.0940. The first-order valence-corrected chi connectivity index (χ1v) is 7.11. The molecule has 1 aliphatic heterocycles.